The van der Waals surface area contributed by atoms with E-state index in [0.29, 0.717) is 18.2 Å². The van der Waals surface area contributed by atoms with Gasteiger partial charge in [-0.15, -0.1) is 0 Å². The predicted molar refractivity (Wildman–Crippen MR) is 76.9 cm³/mol. The first-order valence-electron chi connectivity index (χ1n) is 6.97. The summed E-state index contributed by atoms with van der Waals surface area (Å²) in [5.41, 5.74) is 7.02. The van der Waals surface area contributed by atoms with Crippen molar-refractivity contribution in [2.24, 2.45) is 5.92 Å². The lowest BCUT2D eigenvalue weighted by molar-refractivity contribution is -0.121. The molecule has 0 atom stereocenters. The molecule has 2 rings (SSSR count). The smallest absolute Gasteiger partial charge is 0.250 e. The molecule has 0 heterocycles. The second-order valence-corrected chi connectivity index (χ2v) is 5.19. The van der Waals surface area contributed by atoms with E-state index in [0.717, 1.165) is 5.69 Å². The van der Waals surface area contributed by atoms with Crippen LogP contribution in [0.5, 0.6) is 0 Å². The van der Waals surface area contributed by atoms with E-state index in [1.807, 2.05) is 0 Å². The van der Waals surface area contributed by atoms with E-state index in [1.54, 1.807) is 24.3 Å². The maximum absolute atomic E-state index is 11.7. The Morgan fingerprint density at radius 1 is 1.21 bits per heavy atom. The maximum Gasteiger partial charge on any atom is 0.250 e. The third-order valence-corrected chi connectivity index (χ3v) is 3.51. The van der Waals surface area contributed by atoms with E-state index in [4.69, 9.17) is 10.5 Å². The van der Waals surface area contributed by atoms with E-state index < -0.39 is 0 Å². The van der Waals surface area contributed by atoms with E-state index in [-0.39, 0.29) is 12.5 Å². The Bertz CT molecular complexity index is 397. The molecular weight excluding hydrogens is 240 g/mol. The van der Waals surface area contributed by atoms with Crippen molar-refractivity contribution < 1.29 is 9.53 Å². The van der Waals surface area contributed by atoms with Gasteiger partial charge < -0.3 is 15.8 Å². The quantitative estimate of drug-likeness (QED) is 0.802. The summed E-state index contributed by atoms with van der Waals surface area (Å²) in [5, 5.41) is 2.79. The molecule has 0 aliphatic heterocycles. The number of carbonyl (C=O) groups is 1. The number of nitrogens with two attached hydrogens (primary N) is 1. The van der Waals surface area contributed by atoms with Gasteiger partial charge in [0, 0.05) is 11.4 Å². The summed E-state index contributed by atoms with van der Waals surface area (Å²) in [4.78, 5) is 11.7. The predicted octanol–water partition coefficient (Wildman–Crippen LogP) is 2.80. The molecule has 1 aromatic carbocycles. The van der Waals surface area contributed by atoms with Gasteiger partial charge in [-0.3, -0.25) is 4.79 Å². The molecule has 19 heavy (non-hydrogen) atoms. The number of rotatable bonds is 5. The highest BCUT2D eigenvalue weighted by molar-refractivity contribution is 5.91. The van der Waals surface area contributed by atoms with Gasteiger partial charge in [-0.2, -0.15) is 0 Å². The largest absolute Gasteiger partial charge is 0.399 e. The molecular formula is C15H22N2O2. The number of ether oxygens (including phenoxy) is 1. The first-order valence-corrected chi connectivity index (χ1v) is 6.97. The lowest BCUT2D eigenvalue weighted by Gasteiger charge is -2.21. The van der Waals surface area contributed by atoms with E-state index in [2.05, 4.69) is 5.32 Å². The van der Waals surface area contributed by atoms with Crippen LogP contribution in [-0.2, 0) is 9.53 Å². The summed E-state index contributed by atoms with van der Waals surface area (Å²) in [6.45, 7) is 0.829. The average molecular weight is 262 g/mol. The SMILES string of the molecule is Nc1ccc(NC(=O)COCC2CCCCC2)cc1. The Hall–Kier alpha value is -1.55. The van der Waals surface area contributed by atoms with Crippen LogP contribution in [0.4, 0.5) is 11.4 Å². The number of anilines is 2. The lowest BCUT2D eigenvalue weighted by atomic mass is 9.90. The van der Waals surface area contributed by atoms with Crippen LogP contribution in [0.2, 0.25) is 0 Å². The standard InChI is InChI=1S/C15H22N2O2/c16-13-6-8-14(9-7-13)17-15(18)11-19-10-12-4-2-1-3-5-12/h6-9,12H,1-5,10-11,16H2,(H,17,18). The molecule has 4 heteroatoms. The van der Waals surface area contributed by atoms with Gasteiger partial charge >= 0.3 is 0 Å². The van der Waals surface area contributed by atoms with Gasteiger partial charge in [-0.05, 0) is 43.0 Å². The summed E-state index contributed by atoms with van der Waals surface area (Å²) >= 11 is 0. The van der Waals surface area contributed by atoms with Crippen LogP contribution in [0, 0.1) is 5.92 Å². The van der Waals surface area contributed by atoms with Gasteiger partial charge in [0.25, 0.3) is 0 Å². The Kier molecular flexibility index (Phi) is 5.21. The number of hydrogen-bond donors (Lipinski definition) is 2. The molecule has 0 aromatic heterocycles. The molecule has 1 fully saturated rings. The van der Waals surface area contributed by atoms with Crippen molar-refractivity contribution in [1.82, 2.24) is 0 Å². The minimum Gasteiger partial charge on any atom is -0.399 e. The van der Waals surface area contributed by atoms with Gasteiger partial charge in [-0.1, -0.05) is 19.3 Å². The molecule has 104 valence electrons. The minimum atomic E-state index is -0.111. The highest BCUT2D eigenvalue weighted by Gasteiger charge is 2.14. The number of carbonyl (C=O) groups excluding carboxylic acids is 1. The first-order chi connectivity index (χ1) is 9.24. The van der Waals surface area contributed by atoms with Gasteiger partial charge in [0.05, 0.1) is 6.61 Å². The molecule has 1 aliphatic rings. The normalized spacial score (nSPS) is 16.2. The summed E-state index contributed by atoms with van der Waals surface area (Å²) in [5.74, 6) is 0.527. The molecule has 3 N–H and O–H groups in total. The van der Waals surface area contributed by atoms with Crippen LogP contribution in [0.15, 0.2) is 24.3 Å². The maximum atomic E-state index is 11.7. The van der Waals surface area contributed by atoms with Crippen molar-refractivity contribution >= 4 is 17.3 Å². The molecule has 0 radical (unpaired) electrons. The van der Waals surface area contributed by atoms with Crippen molar-refractivity contribution in [3.05, 3.63) is 24.3 Å². The molecule has 1 saturated carbocycles. The number of hydrogen-bond acceptors (Lipinski definition) is 3. The summed E-state index contributed by atoms with van der Waals surface area (Å²) in [6, 6.07) is 7.10. The lowest BCUT2D eigenvalue weighted by Crippen LogP contribution is -2.21. The van der Waals surface area contributed by atoms with Gasteiger partial charge in [0.1, 0.15) is 6.61 Å². The zero-order valence-electron chi connectivity index (χ0n) is 11.2. The van der Waals surface area contributed by atoms with Crippen molar-refractivity contribution in [2.75, 3.05) is 24.3 Å². The van der Waals surface area contributed by atoms with E-state index in [9.17, 15) is 4.79 Å². The molecule has 1 aliphatic carbocycles. The first kappa shape index (κ1) is 13.9. The highest BCUT2D eigenvalue weighted by atomic mass is 16.5. The number of benzene rings is 1. The molecule has 0 unspecified atom stereocenters. The summed E-state index contributed by atoms with van der Waals surface area (Å²) in [6.07, 6.45) is 6.41. The van der Waals surface area contributed by atoms with E-state index >= 15 is 0 Å². The molecule has 0 spiro atoms. The Morgan fingerprint density at radius 3 is 2.58 bits per heavy atom. The molecule has 0 saturated heterocycles. The molecule has 4 nitrogen and oxygen atoms in total. The molecule has 0 bridgehead atoms. The van der Waals surface area contributed by atoms with Gasteiger partial charge in [-0.25, -0.2) is 0 Å². The third kappa shape index (κ3) is 4.91. The monoisotopic (exact) mass is 262 g/mol. The third-order valence-electron chi connectivity index (χ3n) is 3.51. The second-order valence-electron chi connectivity index (χ2n) is 5.19. The number of nitrogens with one attached hydrogen (secondary N) is 1. The number of amides is 1. The second kappa shape index (κ2) is 7.14. The fourth-order valence-corrected chi connectivity index (χ4v) is 2.44. The van der Waals surface area contributed by atoms with Gasteiger partial charge in [0.2, 0.25) is 5.91 Å². The van der Waals surface area contributed by atoms with Crippen LogP contribution in [0.1, 0.15) is 32.1 Å². The van der Waals surface area contributed by atoms with Crippen molar-refractivity contribution in [3.63, 3.8) is 0 Å². The van der Waals surface area contributed by atoms with Crippen LogP contribution in [0.3, 0.4) is 0 Å². The molecule has 1 amide bonds. The average Bonchev–Trinajstić information content (AvgIpc) is 2.43. The van der Waals surface area contributed by atoms with Crippen molar-refractivity contribution in [1.29, 1.82) is 0 Å². The fourth-order valence-electron chi connectivity index (χ4n) is 2.44. The zero-order valence-corrected chi connectivity index (χ0v) is 11.2. The van der Waals surface area contributed by atoms with Crippen LogP contribution in [-0.4, -0.2) is 19.1 Å². The number of nitrogen functional groups attached to an aromatic ring is 1. The van der Waals surface area contributed by atoms with Crippen molar-refractivity contribution in [3.8, 4) is 0 Å². The summed E-state index contributed by atoms with van der Waals surface area (Å²) in [7, 11) is 0. The van der Waals surface area contributed by atoms with Crippen molar-refractivity contribution in [2.45, 2.75) is 32.1 Å². The Labute approximate surface area is 114 Å². The van der Waals surface area contributed by atoms with Crippen LogP contribution in [0.25, 0.3) is 0 Å². The Balaban J connectivity index is 1.65. The van der Waals surface area contributed by atoms with Crippen LogP contribution < -0.4 is 11.1 Å². The fraction of sp³-hybridized carbons (Fsp3) is 0.533. The minimum absolute atomic E-state index is 0.111. The van der Waals surface area contributed by atoms with Crippen LogP contribution >= 0.6 is 0 Å². The topological polar surface area (TPSA) is 64.3 Å². The van der Waals surface area contributed by atoms with E-state index in [1.165, 1.54) is 32.1 Å². The highest BCUT2D eigenvalue weighted by Crippen LogP contribution is 2.23. The molecule has 1 aromatic rings. The van der Waals surface area contributed by atoms with Gasteiger partial charge in [0.15, 0.2) is 0 Å². The zero-order chi connectivity index (χ0) is 13.5. The summed E-state index contributed by atoms with van der Waals surface area (Å²) < 4.78 is 5.49. The Morgan fingerprint density at radius 2 is 1.89 bits per heavy atom.